The van der Waals surface area contributed by atoms with E-state index < -0.39 is 11.6 Å². The molecule has 0 saturated carbocycles. The lowest BCUT2D eigenvalue weighted by molar-refractivity contribution is 0.440. The molecule has 2 N–H and O–H groups in total. The summed E-state index contributed by atoms with van der Waals surface area (Å²) in [6.07, 6.45) is 5.07. The van der Waals surface area contributed by atoms with Crippen LogP contribution in [-0.4, -0.2) is 21.1 Å². The Morgan fingerprint density at radius 3 is 1.75 bits per heavy atom. The minimum absolute atomic E-state index is 0.219. The van der Waals surface area contributed by atoms with Crippen molar-refractivity contribution in [3.05, 3.63) is 299 Å². The Labute approximate surface area is 439 Å². The van der Waals surface area contributed by atoms with E-state index in [9.17, 15) is 0 Å². The van der Waals surface area contributed by atoms with Crippen LogP contribution in [0.3, 0.4) is 0 Å². The molecule has 0 fully saturated rings. The minimum Gasteiger partial charge on any atom is -0.456 e. The summed E-state index contributed by atoms with van der Waals surface area (Å²) in [5.41, 5.74) is 17.8. The number of aliphatic imine (C=N–C) groups is 1. The Hall–Kier alpha value is -9.49. The molecule has 3 aromatic heterocycles. The molecular weight excluding hydrogens is 927 g/mol. The molecule has 1 aliphatic heterocycles. The summed E-state index contributed by atoms with van der Waals surface area (Å²) in [4.78, 5) is 5.68. The maximum Gasteiger partial charge on any atom is 0.137 e. The van der Waals surface area contributed by atoms with Crippen molar-refractivity contribution in [3.63, 3.8) is 0 Å². The molecule has 2 aliphatic carbocycles. The lowest BCUT2D eigenvalue weighted by Gasteiger charge is -2.38. The summed E-state index contributed by atoms with van der Waals surface area (Å²) in [6.45, 7) is 0. The van der Waals surface area contributed by atoms with E-state index >= 15 is 0 Å². The van der Waals surface area contributed by atoms with E-state index in [4.69, 9.17) is 9.41 Å². The van der Waals surface area contributed by atoms with E-state index in [1.807, 2.05) is 0 Å². The zero-order valence-electron chi connectivity index (χ0n) is 41.4. The van der Waals surface area contributed by atoms with Gasteiger partial charge in [0.15, 0.2) is 0 Å². The fourth-order valence-corrected chi connectivity index (χ4v) is 13.5. The molecule has 10 aromatic carbocycles. The first-order valence-electron chi connectivity index (χ1n) is 26.4. The quantitative estimate of drug-likeness (QED) is 0.167. The molecule has 360 valence electrons. The van der Waals surface area contributed by atoms with E-state index in [0.29, 0.717) is 0 Å². The van der Waals surface area contributed by atoms with E-state index in [0.717, 1.165) is 73.2 Å². The topological polar surface area (TPSA) is 59.4 Å². The van der Waals surface area contributed by atoms with E-state index in [2.05, 4.69) is 275 Å². The van der Waals surface area contributed by atoms with Crippen molar-refractivity contribution < 1.29 is 4.42 Å². The molecule has 0 saturated heterocycles. The van der Waals surface area contributed by atoms with Gasteiger partial charge in [0.25, 0.3) is 0 Å². The van der Waals surface area contributed by atoms with Gasteiger partial charge in [0.2, 0.25) is 0 Å². The number of nitrogens with zero attached hydrogens (tertiary/aromatic N) is 3. The first-order valence-corrected chi connectivity index (χ1v) is 26.4. The number of rotatable bonds is 7. The van der Waals surface area contributed by atoms with Crippen molar-refractivity contribution in [2.24, 2.45) is 4.99 Å². The lowest BCUT2D eigenvalue weighted by atomic mass is 9.65. The van der Waals surface area contributed by atoms with Crippen LogP contribution in [-0.2, 0) is 5.41 Å². The Kier molecular flexibility index (Phi) is 9.48. The maximum atomic E-state index is 6.94. The summed E-state index contributed by atoms with van der Waals surface area (Å²) in [5.74, 6) is 1.05. The molecular formula is C70H49N5O. The van der Waals surface area contributed by atoms with Crippen molar-refractivity contribution in [2.75, 3.05) is 0 Å². The average molecular weight is 976 g/mol. The highest BCUT2D eigenvalue weighted by Crippen LogP contribution is 2.60. The molecule has 4 heterocycles. The molecule has 3 aliphatic rings. The molecule has 0 radical (unpaired) electrons. The van der Waals surface area contributed by atoms with Crippen LogP contribution in [0.1, 0.15) is 51.9 Å². The molecule has 3 atom stereocenters. The second-order valence-electron chi connectivity index (χ2n) is 20.6. The first-order chi connectivity index (χ1) is 37.7. The van der Waals surface area contributed by atoms with Gasteiger partial charge in [-0.15, -0.1) is 0 Å². The number of allylic oxidation sites excluding steroid dienone is 2. The van der Waals surface area contributed by atoms with Crippen LogP contribution in [0.5, 0.6) is 0 Å². The van der Waals surface area contributed by atoms with Gasteiger partial charge in [-0.05, 0) is 88.4 Å². The van der Waals surface area contributed by atoms with Crippen LogP contribution in [0.4, 0.5) is 0 Å². The Bertz CT molecular complexity index is 4520. The van der Waals surface area contributed by atoms with Gasteiger partial charge in [0.1, 0.15) is 29.3 Å². The molecule has 6 nitrogen and oxygen atoms in total. The number of aromatic nitrogens is 2. The van der Waals surface area contributed by atoms with Crippen molar-refractivity contribution in [1.82, 2.24) is 19.8 Å². The standard InChI is InChI=1S/C70H49N5O/c1-5-21-44(22-6-1)67-71-68(45-37-38-51-50-29-13-17-33-58(50)70(59(51)39-45,46-23-7-2-8-24-46)47-25-9-3-10-26-47)73-69(72-67)57-40-49(41-65-66(57)54-32-16-20-36-64(54)76-65)75-61-35-19-15-31-53(61)56-42-55-52-30-14-18-34-60(52)74(62(55)43-63(56)75)48-27-11-4-12-28-48/h1-37,39-43,51,68-69,73H,38H2,(H,71,72). The molecule has 13 aromatic rings. The normalized spacial score (nSPS) is 17.9. The number of hydrogen-bond acceptors (Lipinski definition) is 4. The number of hydrogen-bond donors (Lipinski definition) is 2. The van der Waals surface area contributed by atoms with Crippen molar-refractivity contribution in [1.29, 1.82) is 0 Å². The highest BCUT2D eigenvalue weighted by atomic mass is 16.3. The van der Waals surface area contributed by atoms with Gasteiger partial charge in [0.05, 0.1) is 33.2 Å². The third-order valence-corrected chi connectivity index (χ3v) is 16.6. The minimum atomic E-state index is -0.479. The monoisotopic (exact) mass is 975 g/mol. The van der Waals surface area contributed by atoms with Gasteiger partial charge in [-0.3, -0.25) is 5.32 Å². The molecule has 3 unspecified atom stereocenters. The summed E-state index contributed by atoms with van der Waals surface area (Å²) in [5, 5.41) is 15.0. The number of furan rings is 1. The van der Waals surface area contributed by atoms with Crippen molar-refractivity contribution in [2.45, 2.75) is 30.1 Å². The summed E-state index contributed by atoms with van der Waals surface area (Å²) >= 11 is 0. The van der Waals surface area contributed by atoms with E-state index in [1.165, 1.54) is 60.5 Å². The molecule has 0 bridgehead atoms. The molecule has 76 heavy (non-hydrogen) atoms. The van der Waals surface area contributed by atoms with Crippen molar-refractivity contribution in [3.8, 4) is 11.4 Å². The van der Waals surface area contributed by atoms with Gasteiger partial charge in [-0.2, -0.15) is 0 Å². The number of benzene rings is 10. The summed E-state index contributed by atoms with van der Waals surface area (Å²) in [7, 11) is 0. The van der Waals surface area contributed by atoms with Crippen LogP contribution in [0.15, 0.2) is 275 Å². The SMILES string of the molecule is C1=C(C2NC(c3ccccc3)=NC(c3cc(-n4c5ccccc5c5cc6c7ccccc7n(-c7ccccc7)c6cc54)cc4oc5ccccc5c34)N2)C=C2C(C1)c1ccccc1C2(c1ccccc1)c1ccccc1. The largest absolute Gasteiger partial charge is 0.456 e. The Morgan fingerprint density at radius 2 is 1.05 bits per heavy atom. The number of fused-ring (bicyclic) bond motifs is 12. The number of nitrogens with one attached hydrogen (secondary N) is 2. The van der Waals surface area contributed by atoms with Crippen LogP contribution in [0.25, 0.3) is 76.9 Å². The van der Waals surface area contributed by atoms with Gasteiger partial charge >= 0.3 is 0 Å². The predicted molar refractivity (Wildman–Crippen MR) is 311 cm³/mol. The highest BCUT2D eigenvalue weighted by molar-refractivity contribution is 6.19. The fraction of sp³-hybridized carbons (Fsp3) is 0.0714. The maximum absolute atomic E-state index is 6.94. The van der Waals surface area contributed by atoms with Crippen LogP contribution in [0, 0.1) is 0 Å². The summed E-state index contributed by atoms with van der Waals surface area (Å²) in [6, 6.07) is 88.1. The first kappa shape index (κ1) is 43.0. The lowest BCUT2D eigenvalue weighted by Crippen LogP contribution is -2.52. The van der Waals surface area contributed by atoms with Crippen molar-refractivity contribution >= 4 is 71.4 Å². The van der Waals surface area contributed by atoms with Gasteiger partial charge in [0, 0.05) is 61.1 Å². The molecule has 6 heteroatoms. The van der Waals surface area contributed by atoms with Crippen LogP contribution < -0.4 is 10.6 Å². The Morgan fingerprint density at radius 1 is 0.474 bits per heavy atom. The highest BCUT2D eigenvalue weighted by Gasteiger charge is 2.51. The third kappa shape index (κ3) is 6.28. The zero-order chi connectivity index (χ0) is 49.9. The van der Waals surface area contributed by atoms with Crippen LogP contribution >= 0.6 is 0 Å². The van der Waals surface area contributed by atoms with Gasteiger partial charge in [-0.25, -0.2) is 4.99 Å². The average Bonchev–Trinajstić information content (AvgIpc) is 4.32. The van der Waals surface area contributed by atoms with Crippen LogP contribution in [0.2, 0.25) is 0 Å². The second kappa shape index (κ2) is 16.8. The van der Waals surface area contributed by atoms with Gasteiger partial charge < -0.3 is 18.9 Å². The molecule has 0 spiro atoms. The summed E-state index contributed by atoms with van der Waals surface area (Å²) < 4.78 is 11.8. The molecule has 0 amide bonds. The Balaban J connectivity index is 0.912. The smallest absolute Gasteiger partial charge is 0.137 e. The zero-order valence-corrected chi connectivity index (χ0v) is 41.4. The van der Waals surface area contributed by atoms with E-state index in [1.54, 1.807) is 0 Å². The van der Waals surface area contributed by atoms with Gasteiger partial charge in [-0.1, -0.05) is 200 Å². The van der Waals surface area contributed by atoms with E-state index in [-0.39, 0.29) is 12.1 Å². The number of para-hydroxylation sites is 4. The fourth-order valence-electron chi connectivity index (χ4n) is 13.5. The predicted octanol–water partition coefficient (Wildman–Crippen LogP) is 16.1. The number of amidine groups is 1. The second-order valence-corrected chi connectivity index (χ2v) is 20.6. The third-order valence-electron chi connectivity index (χ3n) is 16.6. The molecule has 16 rings (SSSR count).